The second-order valence-corrected chi connectivity index (χ2v) is 14.0. The highest BCUT2D eigenvalue weighted by Crippen LogP contribution is 2.40. The lowest BCUT2D eigenvalue weighted by molar-refractivity contribution is -0.115. The van der Waals surface area contributed by atoms with E-state index in [0.29, 0.717) is 24.3 Å². The third kappa shape index (κ3) is 9.11. The van der Waals surface area contributed by atoms with Crippen molar-refractivity contribution in [2.24, 2.45) is 11.8 Å². The fraction of sp³-hybridized carbons (Fsp3) is 0.714. The van der Waals surface area contributed by atoms with Gasteiger partial charge in [-0.25, -0.2) is 4.98 Å². The first-order chi connectivity index (χ1) is 19.0. The lowest BCUT2D eigenvalue weighted by Gasteiger charge is -2.40. The van der Waals surface area contributed by atoms with Gasteiger partial charge in [0.1, 0.15) is 5.69 Å². The molecule has 224 valence electrons. The fourth-order valence-corrected chi connectivity index (χ4v) is 6.33. The van der Waals surface area contributed by atoms with Crippen molar-refractivity contribution in [1.82, 2.24) is 15.2 Å². The Morgan fingerprint density at radius 1 is 1.23 bits per heavy atom. The molecule has 3 rings (SSSR count). The summed E-state index contributed by atoms with van der Waals surface area (Å²) in [4.78, 5) is 19.5. The second-order valence-electron chi connectivity index (χ2n) is 14.0. The standard InChI is InChI=1S/C35H57N3O2/c1-9-15-29(20-19-26(2)3)32-23-30(34(5,6)7)33-31(37-32)18-13-14-21-38(24-35(8,40-33)36-25-39)27(4)22-28-16-11-10-12-17-28/h13,18,23,25-26,28-29H,4,9-12,14-17,19-22,24H2,1-3,5-8H3,(H,36,39)/b18-13+. The molecule has 2 atom stereocenters. The summed E-state index contributed by atoms with van der Waals surface area (Å²) in [7, 11) is 0. The molecule has 1 aliphatic carbocycles. The molecule has 0 saturated heterocycles. The molecule has 0 aromatic carbocycles. The van der Waals surface area contributed by atoms with E-state index in [0.717, 1.165) is 67.8 Å². The molecule has 1 amide bonds. The Labute approximate surface area is 245 Å². The minimum absolute atomic E-state index is 0.152. The Balaban J connectivity index is 2.01. The molecule has 5 nitrogen and oxygen atoms in total. The summed E-state index contributed by atoms with van der Waals surface area (Å²) in [6.45, 7) is 21.5. The van der Waals surface area contributed by atoms with Crippen LogP contribution in [0.15, 0.2) is 24.4 Å². The van der Waals surface area contributed by atoms with Crippen molar-refractivity contribution < 1.29 is 9.53 Å². The van der Waals surface area contributed by atoms with Crippen molar-refractivity contribution in [1.29, 1.82) is 0 Å². The van der Waals surface area contributed by atoms with E-state index in [1.807, 2.05) is 6.92 Å². The van der Waals surface area contributed by atoms with E-state index in [9.17, 15) is 4.79 Å². The fourth-order valence-electron chi connectivity index (χ4n) is 6.33. The Morgan fingerprint density at radius 3 is 2.58 bits per heavy atom. The average molecular weight is 552 g/mol. The third-order valence-electron chi connectivity index (χ3n) is 8.70. The van der Waals surface area contributed by atoms with E-state index in [1.165, 1.54) is 44.2 Å². The van der Waals surface area contributed by atoms with Crippen LogP contribution in [0.1, 0.15) is 142 Å². The molecule has 5 heteroatoms. The summed E-state index contributed by atoms with van der Waals surface area (Å²) >= 11 is 0. The van der Waals surface area contributed by atoms with Gasteiger partial charge in [0.2, 0.25) is 6.41 Å². The van der Waals surface area contributed by atoms with Gasteiger partial charge in [-0.3, -0.25) is 4.79 Å². The van der Waals surface area contributed by atoms with Crippen LogP contribution < -0.4 is 10.1 Å². The first-order valence-corrected chi connectivity index (χ1v) is 16.0. The van der Waals surface area contributed by atoms with Crippen molar-refractivity contribution in [3.8, 4) is 5.75 Å². The quantitative estimate of drug-likeness (QED) is 0.279. The molecule has 40 heavy (non-hydrogen) atoms. The van der Waals surface area contributed by atoms with Gasteiger partial charge in [-0.05, 0) is 62.0 Å². The summed E-state index contributed by atoms with van der Waals surface area (Å²) in [5.74, 6) is 2.59. The van der Waals surface area contributed by atoms with Gasteiger partial charge in [-0.1, -0.05) is 99.1 Å². The summed E-state index contributed by atoms with van der Waals surface area (Å²) in [5, 5.41) is 3.04. The molecule has 0 radical (unpaired) electrons. The van der Waals surface area contributed by atoms with Crippen LogP contribution in [0.5, 0.6) is 5.75 Å². The molecule has 2 unspecified atom stereocenters. The van der Waals surface area contributed by atoms with Crippen molar-refractivity contribution in [3.05, 3.63) is 41.4 Å². The molecule has 1 saturated carbocycles. The van der Waals surface area contributed by atoms with Gasteiger partial charge < -0.3 is 15.0 Å². The van der Waals surface area contributed by atoms with Gasteiger partial charge in [-0.15, -0.1) is 0 Å². The van der Waals surface area contributed by atoms with Crippen LogP contribution in [0, 0.1) is 11.8 Å². The van der Waals surface area contributed by atoms with Gasteiger partial charge in [0.15, 0.2) is 11.5 Å². The molecule has 0 spiro atoms. The maximum absolute atomic E-state index is 11.9. The number of rotatable bonds is 11. The van der Waals surface area contributed by atoms with E-state index in [2.05, 4.69) is 76.6 Å². The lowest BCUT2D eigenvalue weighted by atomic mass is 9.83. The number of ether oxygens (including phenoxy) is 1. The number of amides is 1. The molecule has 1 N–H and O–H groups in total. The SMILES string of the molecule is C=C(CC1CCCCC1)N1CC/C=C/c2nc(C(CCC)CCC(C)C)cc(C(C)(C)C)c2OC(C)(NC=O)C1. The molecule has 1 fully saturated rings. The van der Waals surface area contributed by atoms with Crippen LogP contribution in [0.3, 0.4) is 0 Å². The predicted octanol–water partition coefficient (Wildman–Crippen LogP) is 8.74. The number of hydrogen-bond donors (Lipinski definition) is 1. The first-order valence-electron chi connectivity index (χ1n) is 16.0. The summed E-state index contributed by atoms with van der Waals surface area (Å²) in [6, 6.07) is 2.29. The smallest absolute Gasteiger partial charge is 0.210 e. The second kappa shape index (κ2) is 14.5. The zero-order chi connectivity index (χ0) is 29.3. The molecule has 1 aromatic heterocycles. The summed E-state index contributed by atoms with van der Waals surface area (Å²) in [5.41, 5.74) is 3.28. The zero-order valence-corrected chi connectivity index (χ0v) is 26.7. The Hall–Kier alpha value is -2.30. The van der Waals surface area contributed by atoms with E-state index < -0.39 is 5.72 Å². The minimum Gasteiger partial charge on any atom is -0.464 e. The molecular formula is C35H57N3O2. The maximum atomic E-state index is 11.9. The van der Waals surface area contributed by atoms with Crippen LogP contribution in [0.2, 0.25) is 0 Å². The monoisotopic (exact) mass is 551 g/mol. The topological polar surface area (TPSA) is 54.5 Å². The van der Waals surface area contributed by atoms with Gasteiger partial charge in [0.05, 0.1) is 6.54 Å². The number of aromatic nitrogens is 1. The summed E-state index contributed by atoms with van der Waals surface area (Å²) < 4.78 is 6.88. The minimum atomic E-state index is -0.916. The van der Waals surface area contributed by atoms with E-state index in [-0.39, 0.29) is 5.41 Å². The highest BCUT2D eigenvalue weighted by atomic mass is 16.5. The van der Waals surface area contributed by atoms with Crippen molar-refractivity contribution in [3.63, 3.8) is 0 Å². The van der Waals surface area contributed by atoms with Crippen LogP contribution >= 0.6 is 0 Å². The van der Waals surface area contributed by atoms with Crippen LogP contribution in [0.4, 0.5) is 0 Å². The average Bonchev–Trinajstić information content (AvgIpc) is 2.88. The largest absolute Gasteiger partial charge is 0.464 e. The van der Waals surface area contributed by atoms with Gasteiger partial charge in [0.25, 0.3) is 0 Å². The van der Waals surface area contributed by atoms with Gasteiger partial charge in [-0.2, -0.15) is 0 Å². The number of fused-ring (bicyclic) bond motifs is 1. The van der Waals surface area contributed by atoms with Gasteiger partial charge in [0, 0.05) is 29.4 Å². The highest BCUT2D eigenvalue weighted by molar-refractivity contribution is 5.59. The van der Waals surface area contributed by atoms with E-state index in [1.54, 1.807) is 0 Å². The normalized spacial score (nSPS) is 22.2. The maximum Gasteiger partial charge on any atom is 0.210 e. The van der Waals surface area contributed by atoms with E-state index in [4.69, 9.17) is 9.72 Å². The number of nitrogens with one attached hydrogen (secondary N) is 1. The summed E-state index contributed by atoms with van der Waals surface area (Å²) in [6.07, 6.45) is 18.3. The van der Waals surface area contributed by atoms with E-state index >= 15 is 0 Å². The Morgan fingerprint density at radius 2 is 1.95 bits per heavy atom. The Bertz CT molecular complexity index is 1000. The lowest BCUT2D eigenvalue weighted by Crippen LogP contribution is -2.55. The number of carbonyl (C=O) groups is 1. The molecule has 2 aliphatic rings. The first kappa shape index (κ1) is 32.2. The third-order valence-corrected chi connectivity index (χ3v) is 8.70. The zero-order valence-electron chi connectivity index (χ0n) is 26.7. The predicted molar refractivity (Wildman–Crippen MR) is 168 cm³/mol. The molecule has 1 aromatic rings. The van der Waals surface area contributed by atoms with Crippen molar-refractivity contribution in [2.75, 3.05) is 13.1 Å². The van der Waals surface area contributed by atoms with Gasteiger partial charge >= 0.3 is 0 Å². The van der Waals surface area contributed by atoms with Crippen LogP contribution in [0.25, 0.3) is 6.08 Å². The molecular weight excluding hydrogens is 494 g/mol. The number of pyridine rings is 1. The number of nitrogens with zero attached hydrogens (tertiary/aromatic N) is 2. The van der Waals surface area contributed by atoms with Crippen LogP contribution in [-0.2, 0) is 10.2 Å². The number of carbonyl (C=O) groups excluding carboxylic acids is 1. The number of allylic oxidation sites excluding steroid dienone is 1. The van der Waals surface area contributed by atoms with Crippen molar-refractivity contribution >= 4 is 12.5 Å². The molecule has 1 aliphatic heterocycles. The van der Waals surface area contributed by atoms with Crippen molar-refractivity contribution in [2.45, 2.75) is 136 Å². The highest BCUT2D eigenvalue weighted by Gasteiger charge is 2.35. The number of hydrogen-bond acceptors (Lipinski definition) is 4. The molecule has 2 heterocycles. The van der Waals surface area contributed by atoms with Crippen LogP contribution in [-0.4, -0.2) is 35.1 Å². The Kier molecular flexibility index (Phi) is 11.7. The molecule has 0 bridgehead atoms.